The minimum absolute atomic E-state index is 0.102. The third-order valence-electron chi connectivity index (χ3n) is 3.68. The highest BCUT2D eigenvalue weighted by atomic mass is 19.1. The van der Waals surface area contributed by atoms with E-state index in [0.29, 0.717) is 5.39 Å². The Morgan fingerprint density at radius 1 is 1.05 bits per heavy atom. The van der Waals surface area contributed by atoms with E-state index in [-0.39, 0.29) is 11.7 Å². The summed E-state index contributed by atoms with van der Waals surface area (Å²) in [6.07, 6.45) is 2.66. The van der Waals surface area contributed by atoms with Crippen molar-refractivity contribution in [3.8, 4) is 0 Å². The lowest BCUT2D eigenvalue weighted by Gasteiger charge is -2.17. The molecule has 0 amide bonds. The van der Waals surface area contributed by atoms with Crippen LogP contribution in [0.2, 0.25) is 0 Å². The summed E-state index contributed by atoms with van der Waals surface area (Å²) in [5, 5.41) is 0.673. The zero-order chi connectivity index (χ0) is 13.2. The van der Waals surface area contributed by atoms with Crippen molar-refractivity contribution in [1.82, 2.24) is 4.98 Å². The number of nitrogens with one attached hydrogen (secondary N) is 1. The molecule has 0 aliphatic heterocycles. The summed E-state index contributed by atoms with van der Waals surface area (Å²) in [7, 11) is 0. The van der Waals surface area contributed by atoms with Gasteiger partial charge in [-0.25, -0.2) is 4.39 Å². The number of fused-ring (bicyclic) bond motifs is 1. The Bertz CT molecular complexity index is 685. The van der Waals surface area contributed by atoms with E-state index in [4.69, 9.17) is 0 Å². The summed E-state index contributed by atoms with van der Waals surface area (Å²) in [6.45, 7) is 2.10. The molecule has 3 aromatic rings. The number of hydrogen-bond donors (Lipinski definition) is 1. The van der Waals surface area contributed by atoms with Crippen LogP contribution in [0.4, 0.5) is 4.39 Å². The molecular weight excluding hydrogens is 237 g/mol. The molecule has 2 aromatic carbocycles. The fourth-order valence-corrected chi connectivity index (χ4v) is 2.70. The summed E-state index contributed by atoms with van der Waals surface area (Å²) in [6, 6.07) is 15.8. The number of rotatable bonds is 3. The Morgan fingerprint density at radius 2 is 1.84 bits per heavy atom. The Hall–Kier alpha value is -2.09. The maximum atomic E-state index is 14.6. The van der Waals surface area contributed by atoms with Crippen molar-refractivity contribution >= 4 is 10.9 Å². The fraction of sp³-hybridized carbons (Fsp3) is 0.176. The molecule has 2 heteroatoms. The van der Waals surface area contributed by atoms with E-state index in [0.717, 1.165) is 17.5 Å². The summed E-state index contributed by atoms with van der Waals surface area (Å²) >= 11 is 0. The first-order valence-corrected chi connectivity index (χ1v) is 6.61. The van der Waals surface area contributed by atoms with E-state index in [1.165, 1.54) is 5.56 Å². The van der Waals surface area contributed by atoms with Gasteiger partial charge in [-0.2, -0.15) is 0 Å². The smallest absolute Gasteiger partial charge is 0.136 e. The molecule has 1 heterocycles. The second-order valence-electron chi connectivity index (χ2n) is 4.78. The predicted octanol–water partition coefficient (Wildman–Crippen LogP) is 4.85. The van der Waals surface area contributed by atoms with Crippen LogP contribution in [0.25, 0.3) is 10.9 Å². The van der Waals surface area contributed by atoms with E-state index in [2.05, 4.69) is 24.0 Å². The maximum absolute atomic E-state index is 14.6. The number of halogens is 1. The quantitative estimate of drug-likeness (QED) is 0.686. The second-order valence-corrected chi connectivity index (χ2v) is 4.78. The van der Waals surface area contributed by atoms with E-state index in [1.807, 2.05) is 30.3 Å². The molecule has 19 heavy (non-hydrogen) atoms. The maximum Gasteiger partial charge on any atom is 0.136 e. The average molecular weight is 253 g/mol. The first-order chi connectivity index (χ1) is 9.31. The third kappa shape index (κ3) is 2.03. The van der Waals surface area contributed by atoms with Gasteiger partial charge in [0.05, 0.1) is 0 Å². The number of hydrogen-bond acceptors (Lipinski definition) is 0. The molecule has 96 valence electrons. The van der Waals surface area contributed by atoms with Crippen molar-refractivity contribution in [2.75, 3.05) is 0 Å². The monoisotopic (exact) mass is 253 g/mol. The molecule has 0 aliphatic carbocycles. The lowest BCUT2D eigenvalue weighted by Crippen LogP contribution is -2.02. The summed E-state index contributed by atoms with van der Waals surface area (Å²) in [5.41, 5.74) is 2.80. The molecule has 1 aromatic heterocycles. The second kappa shape index (κ2) is 4.88. The predicted molar refractivity (Wildman–Crippen MR) is 76.8 cm³/mol. The highest BCUT2D eigenvalue weighted by Crippen LogP contribution is 2.32. The zero-order valence-corrected chi connectivity index (χ0v) is 10.9. The van der Waals surface area contributed by atoms with Crippen LogP contribution >= 0.6 is 0 Å². The fourth-order valence-electron chi connectivity index (χ4n) is 2.70. The van der Waals surface area contributed by atoms with Gasteiger partial charge in [-0.3, -0.25) is 0 Å². The zero-order valence-electron chi connectivity index (χ0n) is 10.9. The Labute approximate surface area is 112 Å². The van der Waals surface area contributed by atoms with Crippen LogP contribution < -0.4 is 0 Å². The van der Waals surface area contributed by atoms with Crippen LogP contribution in [0.1, 0.15) is 30.4 Å². The molecule has 0 radical (unpaired) electrons. The average Bonchev–Trinajstić information content (AvgIpc) is 2.93. The lowest BCUT2D eigenvalue weighted by molar-refractivity contribution is 0.603. The Balaban J connectivity index is 2.14. The van der Waals surface area contributed by atoms with Crippen molar-refractivity contribution in [3.63, 3.8) is 0 Å². The van der Waals surface area contributed by atoms with E-state index in [9.17, 15) is 4.39 Å². The Morgan fingerprint density at radius 3 is 2.58 bits per heavy atom. The summed E-state index contributed by atoms with van der Waals surface area (Å²) < 4.78 is 14.6. The van der Waals surface area contributed by atoms with Gasteiger partial charge in [-0.05, 0) is 29.7 Å². The van der Waals surface area contributed by atoms with Crippen LogP contribution in [0.15, 0.2) is 54.7 Å². The van der Waals surface area contributed by atoms with Gasteiger partial charge in [0.2, 0.25) is 0 Å². The summed E-state index contributed by atoms with van der Waals surface area (Å²) in [4.78, 5) is 3.04. The first-order valence-electron chi connectivity index (χ1n) is 6.61. The van der Waals surface area contributed by atoms with Crippen molar-refractivity contribution in [1.29, 1.82) is 0 Å². The minimum atomic E-state index is -0.102. The summed E-state index contributed by atoms with van der Waals surface area (Å²) in [5.74, 6) is 0.00922. The topological polar surface area (TPSA) is 15.8 Å². The van der Waals surface area contributed by atoms with Gasteiger partial charge >= 0.3 is 0 Å². The van der Waals surface area contributed by atoms with Crippen LogP contribution in [0.3, 0.4) is 0 Å². The molecule has 3 rings (SSSR count). The highest BCUT2D eigenvalue weighted by Gasteiger charge is 2.17. The molecule has 1 N–H and O–H groups in total. The SMILES string of the molecule is CCC(c1ccccc1)c1ccc2[nH]ccc2c1F. The highest BCUT2D eigenvalue weighted by molar-refractivity contribution is 5.81. The number of benzene rings is 2. The molecule has 1 unspecified atom stereocenters. The molecule has 1 nitrogen and oxygen atoms in total. The molecular formula is C17H16FN. The number of H-pyrrole nitrogens is 1. The molecule has 0 spiro atoms. The van der Waals surface area contributed by atoms with Crippen molar-refractivity contribution in [2.24, 2.45) is 0 Å². The van der Waals surface area contributed by atoms with Gasteiger partial charge in [0.25, 0.3) is 0 Å². The van der Waals surface area contributed by atoms with Crippen LogP contribution in [-0.4, -0.2) is 4.98 Å². The van der Waals surface area contributed by atoms with Crippen molar-refractivity contribution in [3.05, 3.63) is 71.7 Å². The van der Waals surface area contributed by atoms with E-state index < -0.39 is 0 Å². The molecule has 0 bridgehead atoms. The molecule has 0 fully saturated rings. The van der Waals surface area contributed by atoms with E-state index >= 15 is 0 Å². The lowest BCUT2D eigenvalue weighted by atomic mass is 9.88. The van der Waals surface area contributed by atoms with Crippen LogP contribution in [0, 0.1) is 5.82 Å². The van der Waals surface area contributed by atoms with Gasteiger partial charge in [0.15, 0.2) is 0 Å². The van der Waals surface area contributed by atoms with Crippen molar-refractivity contribution in [2.45, 2.75) is 19.3 Å². The van der Waals surface area contributed by atoms with Gasteiger partial charge in [-0.1, -0.05) is 43.3 Å². The molecule has 0 saturated carbocycles. The number of aromatic nitrogens is 1. The van der Waals surface area contributed by atoms with Crippen LogP contribution in [0.5, 0.6) is 0 Å². The Kier molecular flexibility index (Phi) is 3.08. The third-order valence-corrected chi connectivity index (χ3v) is 3.68. The van der Waals surface area contributed by atoms with Crippen molar-refractivity contribution < 1.29 is 4.39 Å². The molecule has 0 saturated heterocycles. The van der Waals surface area contributed by atoms with Gasteiger partial charge < -0.3 is 4.98 Å². The molecule has 0 aliphatic rings. The minimum Gasteiger partial charge on any atom is -0.361 e. The van der Waals surface area contributed by atoms with Crippen LogP contribution in [-0.2, 0) is 0 Å². The normalized spacial score (nSPS) is 12.7. The van der Waals surface area contributed by atoms with Gasteiger partial charge in [-0.15, -0.1) is 0 Å². The largest absolute Gasteiger partial charge is 0.361 e. The van der Waals surface area contributed by atoms with E-state index in [1.54, 1.807) is 12.3 Å². The van der Waals surface area contributed by atoms with Gasteiger partial charge in [0, 0.05) is 23.0 Å². The van der Waals surface area contributed by atoms with Gasteiger partial charge in [0.1, 0.15) is 5.82 Å². The molecule has 1 atom stereocenters. The standard InChI is InChI=1S/C17H16FN/c1-2-13(12-6-4-3-5-7-12)14-8-9-16-15(17(14)18)10-11-19-16/h3-11,13,19H,2H2,1H3. The number of aromatic amines is 1. The first kappa shape index (κ1) is 12.0.